The van der Waals surface area contributed by atoms with E-state index in [1.165, 1.54) is 7.11 Å². The summed E-state index contributed by atoms with van der Waals surface area (Å²) >= 11 is 0. The smallest absolute Gasteiger partial charge is 0.356 e. The molecule has 0 spiro atoms. The summed E-state index contributed by atoms with van der Waals surface area (Å²) in [4.78, 5) is 15.7. The van der Waals surface area contributed by atoms with Gasteiger partial charge in [0.1, 0.15) is 17.2 Å². The van der Waals surface area contributed by atoms with Gasteiger partial charge in [0, 0.05) is 11.6 Å². The lowest BCUT2D eigenvalue weighted by molar-refractivity contribution is 0.0593. The summed E-state index contributed by atoms with van der Waals surface area (Å²) in [5, 5.41) is 9.33. The number of nitrogens with zero attached hydrogens (tertiary/aromatic N) is 1. The molecule has 6 heteroatoms. The van der Waals surface area contributed by atoms with E-state index in [0.29, 0.717) is 22.8 Å². The molecule has 1 heterocycles. The number of esters is 1. The Labute approximate surface area is 128 Å². The zero-order valence-corrected chi connectivity index (χ0v) is 12.6. The van der Waals surface area contributed by atoms with Gasteiger partial charge in [-0.05, 0) is 29.8 Å². The summed E-state index contributed by atoms with van der Waals surface area (Å²) in [5.41, 5.74) is 1.95. The highest BCUT2D eigenvalue weighted by molar-refractivity contribution is 5.89. The van der Waals surface area contributed by atoms with E-state index < -0.39 is 5.97 Å². The number of aliphatic hydroxyl groups is 1. The van der Waals surface area contributed by atoms with Gasteiger partial charge < -0.3 is 19.3 Å². The Morgan fingerprint density at radius 2 is 1.91 bits per heavy atom. The van der Waals surface area contributed by atoms with Gasteiger partial charge in [0.2, 0.25) is 0 Å². The van der Waals surface area contributed by atoms with Crippen molar-refractivity contribution in [2.75, 3.05) is 21.3 Å². The zero-order chi connectivity index (χ0) is 16.1. The van der Waals surface area contributed by atoms with Crippen LogP contribution in [0.25, 0.3) is 11.1 Å². The lowest BCUT2D eigenvalue weighted by Crippen LogP contribution is -2.07. The van der Waals surface area contributed by atoms with Crippen molar-refractivity contribution in [3.05, 3.63) is 41.7 Å². The van der Waals surface area contributed by atoms with Crippen molar-refractivity contribution >= 4 is 5.97 Å². The van der Waals surface area contributed by atoms with Crippen LogP contribution in [0.15, 0.2) is 30.3 Å². The van der Waals surface area contributed by atoms with E-state index in [1.54, 1.807) is 38.5 Å². The molecule has 0 saturated carbocycles. The fourth-order valence-corrected chi connectivity index (χ4v) is 2.07. The van der Waals surface area contributed by atoms with Gasteiger partial charge in [-0.15, -0.1) is 0 Å². The molecule has 0 aliphatic carbocycles. The molecule has 0 atom stereocenters. The average Bonchev–Trinajstić information content (AvgIpc) is 2.59. The summed E-state index contributed by atoms with van der Waals surface area (Å²) in [5.74, 6) is 0.680. The molecule has 0 unspecified atom stereocenters. The van der Waals surface area contributed by atoms with Crippen molar-refractivity contribution in [1.82, 2.24) is 4.98 Å². The average molecular weight is 303 g/mol. The van der Waals surface area contributed by atoms with Crippen LogP contribution in [-0.4, -0.2) is 37.4 Å². The Kier molecular flexibility index (Phi) is 4.95. The molecular weight excluding hydrogens is 286 g/mol. The van der Waals surface area contributed by atoms with Crippen molar-refractivity contribution < 1.29 is 24.1 Å². The third-order valence-electron chi connectivity index (χ3n) is 3.15. The number of hydrogen-bond donors (Lipinski definition) is 1. The molecule has 0 radical (unpaired) electrons. The summed E-state index contributed by atoms with van der Waals surface area (Å²) in [6.45, 7) is -0.281. The molecule has 2 rings (SSSR count). The van der Waals surface area contributed by atoms with Gasteiger partial charge in [0.15, 0.2) is 0 Å². The Balaban J connectivity index is 2.58. The maximum atomic E-state index is 11.7. The molecular formula is C16H17NO5. The first-order chi connectivity index (χ1) is 10.6. The molecule has 0 amide bonds. The van der Waals surface area contributed by atoms with Gasteiger partial charge in [-0.25, -0.2) is 9.78 Å². The normalized spacial score (nSPS) is 10.2. The van der Waals surface area contributed by atoms with Crippen molar-refractivity contribution in [2.24, 2.45) is 0 Å². The number of rotatable bonds is 5. The third kappa shape index (κ3) is 3.17. The minimum absolute atomic E-state index is 0.127. The summed E-state index contributed by atoms with van der Waals surface area (Å²) in [6, 6.07) is 8.63. The highest BCUT2D eigenvalue weighted by atomic mass is 16.5. The minimum Gasteiger partial charge on any atom is -0.497 e. The highest BCUT2D eigenvalue weighted by Crippen LogP contribution is 2.33. The van der Waals surface area contributed by atoms with Crippen LogP contribution in [0.2, 0.25) is 0 Å². The Bertz CT molecular complexity index is 684. The molecule has 0 bridgehead atoms. The number of ether oxygens (including phenoxy) is 3. The van der Waals surface area contributed by atoms with E-state index >= 15 is 0 Å². The fraction of sp³-hybridized carbons (Fsp3) is 0.250. The molecule has 0 saturated heterocycles. The maximum absolute atomic E-state index is 11.7. The molecule has 1 N–H and O–H groups in total. The number of carbonyl (C=O) groups is 1. The van der Waals surface area contributed by atoms with Gasteiger partial charge in [-0.2, -0.15) is 0 Å². The van der Waals surface area contributed by atoms with Crippen molar-refractivity contribution in [3.8, 4) is 22.6 Å². The fourth-order valence-electron chi connectivity index (χ4n) is 2.07. The molecule has 0 aliphatic heterocycles. The Morgan fingerprint density at radius 1 is 1.14 bits per heavy atom. The highest BCUT2D eigenvalue weighted by Gasteiger charge is 2.14. The minimum atomic E-state index is -0.566. The van der Waals surface area contributed by atoms with Crippen LogP contribution in [0, 0.1) is 0 Å². The quantitative estimate of drug-likeness (QED) is 0.852. The SMILES string of the molecule is COC(=O)c1cc(-c2ccc(OC)cc2OC)cc(CO)n1. The van der Waals surface area contributed by atoms with Crippen molar-refractivity contribution in [2.45, 2.75) is 6.61 Å². The Morgan fingerprint density at radius 3 is 2.50 bits per heavy atom. The third-order valence-corrected chi connectivity index (χ3v) is 3.15. The largest absolute Gasteiger partial charge is 0.497 e. The van der Waals surface area contributed by atoms with Crippen LogP contribution >= 0.6 is 0 Å². The van der Waals surface area contributed by atoms with Crippen LogP contribution in [0.4, 0.5) is 0 Å². The predicted molar refractivity (Wildman–Crippen MR) is 80.0 cm³/mol. The number of pyridine rings is 1. The van der Waals surface area contributed by atoms with Crippen LogP contribution in [0.1, 0.15) is 16.2 Å². The molecule has 6 nitrogen and oxygen atoms in total. The molecule has 2 aromatic rings. The number of aliphatic hydroxyl groups excluding tert-OH is 1. The second-order valence-electron chi connectivity index (χ2n) is 4.45. The number of hydrogen-bond acceptors (Lipinski definition) is 6. The van der Waals surface area contributed by atoms with Crippen LogP contribution in [0.3, 0.4) is 0 Å². The standard InChI is InChI=1S/C16H17NO5/c1-20-12-4-5-13(15(8-12)21-2)10-6-11(9-18)17-14(7-10)16(19)22-3/h4-8,18H,9H2,1-3H3. The topological polar surface area (TPSA) is 77.9 Å². The second kappa shape index (κ2) is 6.91. The second-order valence-corrected chi connectivity index (χ2v) is 4.45. The molecule has 0 aliphatic rings. The number of carbonyl (C=O) groups excluding carboxylic acids is 1. The van der Waals surface area contributed by atoms with E-state index in [2.05, 4.69) is 9.72 Å². The van der Waals surface area contributed by atoms with E-state index in [0.717, 1.165) is 5.56 Å². The first-order valence-electron chi connectivity index (χ1n) is 6.55. The van der Waals surface area contributed by atoms with Crippen LogP contribution in [0.5, 0.6) is 11.5 Å². The molecule has 0 fully saturated rings. The van der Waals surface area contributed by atoms with E-state index in [4.69, 9.17) is 9.47 Å². The summed E-state index contributed by atoms with van der Waals surface area (Å²) in [7, 11) is 4.40. The van der Waals surface area contributed by atoms with Gasteiger partial charge in [-0.1, -0.05) is 0 Å². The number of aromatic nitrogens is 1. The summed E-state index contributed by atoms with van der Waals surface area (Å²) < 4.78 is 15.2. The van der Waals surface area contributed by atoms with Gasteiger partial charge in [-0.3, -0.25) is 0 Å². The van der Waals surface area contributed by atoms with Gasteiger partial charge in [0.05, 0.1) is 33.6 Å². The molecule has 116 valence electrons. The Hall–Kier alpha value is -2.60. The number of methoxy groups -OCH3 is 3. The molecule has 22 heavy (non-hydrogen) atoms. The van der Waals surface area contributed by atoms with Crippen LogP contribution < -0.4 is 9.47 Å². The van der Waals surface area contributed by atoms with E-state index in [-0.39, 0.29) is 12.3 Å². The van der Waals surface area contributed by atoms with Crippen molar-refractivity contribution in [3.63, 3.8) is 0 Å². The predicted octanol–water partition coefficient (Wildman–Crippen LogP) is 2.04. The van der Waals surface area contributed by atoms with Gasteiger partial charge >= 0.3 is 5.97 Å². The van der Waals surface area contributed by atoms with Crippen LogP contribution in [-0.2, 0) is 11.3 Å². The maximum Gasteiger partial charge on any atom is 0.356 e. The van der Waals surface area contributed by atoms with E-state index in [9.17, 15) is 9.90 Å². The number of benzene rings is 1. The molecule has 1 aromatic heterocycles. The monoisotopic (exact) mass is 303 g/mol. The van der Waals surface area contributed by atoms with Crippen molar-refractivity contribution in [1.29, 1.82) is 0 Å². The zero-order valence-electron chi connectivity index (χ0n) is 12.6. The van der Waals surface area contributed by atoms with E-state index in [1.807, 2.05) is 6.07 Å². The lowest BCUT2D eigenvalue weighted by atomic mass is 10.0. The molecule has 1 aromatic carbocycles. The van der Waals surface area contributed by atoms with Gasteiger partial charge in [0.25, 0.3) is 0 Å². The first-order valence-corrected chi connectivity index (χ1v) is 6.55. The lowest BCUT2D eigenvalue weighted by Gasteiger charge is -2.12. The first kappa shape index (κ1) is 15.8. The summed E-state index contributed by atoms with van der Waals surface area (Å²) in [6.07, 6.45) is 0.